The van der Waals surface area contributed by atoms with Gasteiger partial charge in [0.25, 0.3) is 0 Å². The summed E-state index contributed by atoms with van der Waals surface area (Å²) in [5, 5.41) is 11.2. The van der Waals surface area contributed by atoms with E-state index in [-0.39, 0.29) is 17.5 Å². The van der Waals surface area contributed by atoms with E-state index in [0.29, 0.717) is 24.7 Å². The number of anilines is 1. The number of aromatic nitrogens is 2. The minimum atomic E-state index is -1.12. The van der Waals surface area contributed by atoms with Crippen molar-refractivity contribution >= 4 is 17.7 Å². The van der Waals surface area contributed by atoms with Gasteiger partial charge in [-0.25, -0.2) is 18.6 Å². The highest BCUT2D eigenvalue weighted by Crippen LogP contribution is 2.14. The number of carbonyl (C=O) groups is 2. The molecule has 160 valence electrons. The van der Waals surface area contributed by atoms with Gasteiger partial charge in [-0.2, -0.15) is 0 Å². The summed E-state index contributed by atoms with van der Waals surface area (Å²) in [6.45, 7) is 8.11. The maximum absolute atomic E-state index is 12.9. The molecule has 0 aliphatic rings. The molecule has 1 aromatic carbocycles. The average Bonchev–Trinajstić information content (AvgIpc) is 3.00. The number of aliphatic carboxylic acids is 1. The van der Waals surface area contributed by atoms with Crippen LogP contribution in [0.1, 0.15) is 46.1 Å². The highest BCUT2D eigenvalue weighted by atomic mass is 19.1. The number of benzene rings is 1. The van der Waals surface area contributed by atoms with Crippen molar-refractivity contribution in [3.05, 3.63) is 47.9 Å². The Morgan fingerprint density at radius 2 is 1.83 bits per heavy atom. The summed E-state index contributed by atoms with van der Waals surface area (Å²) in [6, 6.07) is 1.81. The number of hydrogen-bond acceptors (Lipinski definition) is 4. The molecular weight excluding hydrogens is 382 g/mol. The van der Waals surface area contributed by atoms with E-state index in [9.17, 15) is 18.4 Å². The lowest BCUT2D eigenvalue weighted by molar-refractivity contribution is -0.141. The topological polar surface area (TPSA) is 110 Å². The van der Waals surface area contributed by atoms with Crippen LogP contribution in [0.4, 0.5) is 14.6 Å². The molecule has 0 fully saturated rings. The van der Waals surface area contributed by atoms with Crippen molar-refractivity contribution in [2.24, 2.45) is 0 Å². The first-order chi connectivity index (χ1) is 13.4. The van der Waals surface area contributed by atoms with E-state index in [1.54, 1.807) is 13.3 Å². The second kappa shape index (κ2) is 10.5. The molecule has 0 aliphatic heterocycles. The largest absolute Gasteiger partial charge is 0.480 e. The maximum atomic E-state index is 12.9. The number of nitrogen functional groups attached to an aromatic ring is 1. The van der Waals surface area contributed by atoms with Gasteiger partial charge in [0.05, 0.1) is 12.7 Å². The Labute approximate surface area is 168 Å². The minimum absolute atomic E-state index is 0.0879. The number of carboxylic acids is 1. The number of carboxylic acid groups (broad SMARTS) is 1. The zero-order chi connectivity index (χ0) is 22.2. The maximum Gasteiger partial charge on any atom is 0.326 e. The number of carbonyl (C=O) groups excluding carboxylic acids is 1. The number of rotatable bonds is 6. The molecule has 0 saturated heterocycles. The van der Waals surface area contributed by atoms with Crippen LogP contribution >= 0.6 is 0 Å². The summed E-state index contributed by atoms with van der Waals surface area (Å²) in [5.74, 6) is -2.67. The second-order valence-electron chi connectivity index (χ2n) is 7.58. The van der Waals surface area contributed by atoms with Gasteiger partial charge in [-0.05, 0) is 44.9 Å². The summed E-state index contributed by atoms with van der Waals surface area (Å²) in [6.07, 6.45) is 4.22. The predicted molar refractivity (Wildman–Crippen MR) is 106 cm³/mol. The minimum Gasteiger partial charge on any atom is -0.480 e. The second-order valence-corrected chi connectivity index (χ2v) is 7.58. The summed E-state index contributed by atoms with van der Waals surface area (Å²) < 4.78 is 27.8. The SMILES string of the molecule is CC(C)(C)n1cnc(N)c1.CCCC(NC(=O)Cc1cc(F)cc(F)c1)C(=O)O. The monoisotopic (exact) mass is 410 g/mol. The number of nitrogens with zero attached hydrogens (tertiary/aromatic N) is 2. The van der Waals surface area contributed by atoms with Crippen LogP contribution in [0, 0.1) is 11.6 Å². The lowest BCUT2D eigenvalue weighted by Gasteiger charge is -2.19. The lowest BCUT2D eigenvalue weighted by Crippen LogP contribution is -2.41. The summed E-state index contributed by atoms with van der Waals surface area (Å²) in [7, 11) is 0. The van der Waals surface area contributed by atoms with Gasteiger partial charge in [-0.15, -0.1) is 0 Å². The molecule has 29 heavy (non-hydrogen) atoms. The van der Waals surface area contributed by atoms with Crippen LogP contribution in [0.5, 0.6) is 0 Å². The van der Waals surface area contributed by atoms with Crippen molar-refractivity contribution in [3.8, 4) is 0 Å². The lowest BCUT2D eigenvalue weighted by atomic mass is 10.1. The van der Waals surface area contributed by atoms with Gasteiger partial charge in [-0.1, -0.05) is 13.3 Å². The van der Waals surface area contributed by atoms with Crippen molar-refractivity contribution in [3.63, 3.8) is 0 Å². The quantitative estimate of drug-likeness (QED) is 0.678. The molecule has 9 heteroatoms. The van der Waals surface area contributed by atoms with Gasteiger partial charge in [-0.3, -0.25) is 4.79 Å². The van der Waals surface area contributed by atoms with E-state index in [4.69, 9.17) is 10.8 Å². The first-order valence-corrected chi connectivity index (χ1v) is 9.19. The molecule has 2 rings (SSSR count). The smallest absolute Gasteiger partial charge is 0.326 e. The molecule has 1 aromatic heterocycles. The highest BCUT2D eigenvalue weighted by Gasteiger charge is 2.19. The molecule has 7 nitrogen and oxygen atoms in total. The molecule has 1 unspecified atom stereocenters. The number of nitrogens with two attached hydrogens (primary N) is 1. The van der Waals surface area contributed by atoms with Gasteiger partial charge < -0.3 is 20.7 Å². The molecule has 2 aromatic rings. The van der Waals surface area contributed by atoms with Gasteiger partial charge in [0.1, 0.15) is 23.5 Å². The Morgan fingerprint density at radius 1 is 1.24 bits per heavy atom. The zero-order valence-corrected chi connectivity index (χ0v) is 17.1. The summed E-state index contributed by atoms with van der Waals surface area (Å²) in [5.41, 5.74) is 5.69. The van der Waals surface area contributed by atoms with Crippen LogP contribution in [0.3, 0.4) is 0 Å². The Balaban J connectivity index is 0.000000352. The van der Waals surface area contributed by atoms with Gasteiger partial charge in [0.2, 0.25) is 5.91 Å². The molecule has 0 aliphatic carbocycles. The number of nitrogens with one attached hydrogen (secondary N) is 1. The van der Waals surface area contributed by atoms with Crippen LogP contribution in [-0.4, -0.2) is 32.6 Å². The van der Waals surface area contributed by atoms with Crippen molar-refractivity contribution in [1.29, 1.82) is 0 Å². The van der Waals surface area contributed by atoms with Gasteiger partial charge >= 0.3 is 5.97 Å². The molecule has 0 saturated carbocycles. The predicted octanol–water partition coefficient (Wildman–Crippen LogP) is 3.10. The van der Waals surface area contributed by atoms with Crippen LogP contribution in [0.25, 0.3) is 0 Å². The molecule has 1 heterocycles. The van der Waals surface area contributed by atoms with E-state index in [0.717, 1.165) is 12.1 Å². The fourth-order valence-corrected chi connectivity index (χ4v) is 2.39. The average molecular weight is 410 g/mol. The summed E-state index contributed by atoms with van der Waals surface area (Å²) in [4.78, 5) is 26.4. The number of amides is 1. The molecule has 0 radical (unpaired) electrons. The fourth-order valence-electron chi connectivity index (χ4n) is 2.39. The Kier molecular flexibility index (Phi) is 8.75. The van der Waals surface area contributed by atoms with Crippen molar-refractivity contribution in [1.82, 2.24) is 14.9 Å². The number of halogens is 2. The normalized spacial score (nSPS) is 11.9. The van der Waals surface area contributed by atoms with E-state index in [1.165, 1.54) is 0 Å². The Hall–Kier alpha value is -2.97. The zero-order valence-electron chi connectivity index (χ0n) is 17.1. The van der Waals surface area contributed by atoms with Crippen molar-refractivity contribution < 1.29 is 23.5 Å². The number of hydrogen-bond donors (Lipinski definition) is 3. The molecule has 0 bridgehead atoms. The van der Waals surface area contributed by atoms with Crippen LogP contribution in [0.15, 0.2) is 30.7 Å². The molecule has 1 amide bonds. The van der Waals surface area contributed by atoms with Crippen molar-refractivity contribution in [2.75, 3.05) is 5.73 Å². The Bertz CT molecular complexity index is 811. The van der Waals surface area contributed by atoms with E-state index in [2.05, 4.69) is 31.1 Å². The van der Waals surface area contributed by atoms with Crippen LogP contribution in [-0.2, 0) is 21.5 Å². The van der Waals surface area contributed by atoms with Gasteiger partial charge in [0, 0.05) is 17.8 Å². The highest BCUT2D eigenvalue weighted by molar-refractivity contribution is 5.84. The van der Waals surface area contributed by atoms with Gasteiger partial charge in [0.15, 0.2) is 0 Å². The third-order valence-electron chi connectivity index (χ3n) is 3.87. The molecule has 1 atom stereocenters. The standard InChI is InChI=1S/C13H15F2NO3.C7H13N3/c1-2-3-11(13(18)19)16-12(17)6-8-4-9(14)7-10(15)5-8;1-7(2,3)10-4-6(8)9-5-10/h4-5,7,11H,2-3,6H2,1H3,(H,16,17)(H,18,19);4-5H,8H2,1-3H3. The summed E-state index contributed by atoms with van der Waals surface area (Å²) >= 11 is 0. The van der Waals surface area contributed by atoms with Crippen molar-refractivity contribution in [2.45, 2.75) is 58.5 Å². The fraction of sp³-hybridized carbons (Fsp3) is 0.450. The van der Waals surface area contributed by atoms with E-state index >= 15 is 0 Å². The van der Waals surface area contributed by atoms with E-state index in [1.807, 2.05) is 10.8 Å². The Morgan fingerprint density at radius 3 is 2.21 bits per heavy atom. The third-order valence-corrected chi connectivity index (χ3v) is 3.87. The molecule has 4 N–H and O–H groups in total. The first-order valence-electron chi connectivity index (χ1n) is 9.19. The van der Waals surface area contributed by atoms with Crippen LogP contribution in [0.2, 0.25) is 0 Å². The molecule has 0 spiro atoms. The molecular formula is C20H28F2N4O3. The van der Waals surface area contributed by atoms with E-state index < -0.39 is 29.6 Å². The third kappa shape index (κ3) is 8.71. The van der Waals surface area contributed by atoms with Crippen LogP contribution < -0.4 is 11.1 Å². The first kappa shape index (κ1) is 24.1. The number of imidazole rings is 1.